The van der Waals surface area contributed by atoms with Crippen LogP contribution in [-0.2, 0) is 0 Å². The van der Waals surface area contributed by atoms with Gasteiger partial charge >= 0.3 is 0 Å². The minimum absolute atomic E-state index is 1.18. The van der Waals surface area contributed by atoms with E-state index in [0.29, 0.717) is 0 Å². The molecule has 58 valence electrons. The lowest BCUT2D eigenvalue weighted by Gasteiger charge is -2.31. The molecule has 0 unspecified atom stereocenters. The van der Waals surface area contributed by atoms with Gasteiger partial charge in [0.15, 0.2) is 0 Å². The average molecular weight is 140 g/mol. The third kappa shape index (κ3) is 2.03. The molecule has 0 saturated carbocycles. The van der Waals surface area contributed by atoms with Crippen LogP contribution in [0.2, 0.25) is 0 Å². The van der Waals surface area contributed by atoms with Crippen molar-refractivity contribution in [2.75, 3.05) is 33.2 Å². The quantitative estimate of drug-likeness (QED) is 0.531. The minimum atomic E-state index is 1.18. The summed E-state index contributed by atoms with van der Waals surface area (Å²) < 4.78 is 0. The van der Waals surface area contributed by atoms with Crippen molar-refractivity contribution in [3.8, 4) is 0 Å². The summed E-state index contributed by atoms with van der Waals surface area (Å²) in [4.78, 5) is 4.72. The van der Waals surface area contributed by atoms with Gasteiger partial charge in [0.05, 0.1) is 0 Å². The van der Waals surface area contributed by atoms with Gasteiger partial charge in [-0.25, -0.2) is 0 Å². The van der Waals surface area contributed by atoms with Gasteiger partial charge in [0.2, 0.25) is 0 Å². The van der Waals surface area contributed by atoms with Gasteiger partial charge in [-0.1, -0.05) is 6.08 Å². The fourth-order valence-electron chi connectivity index (χ4n) is 1.18. The third-order valence-electron chi connectivity index (χ3n) is 1.90. The summed E-state index contributed by atoms with van der Waals surface area (Å²) >= 11 is 0. The third-order valence-corrected chi connectivity index (χ3v) is 1.90. The van der Waals surface area contributed by atoms with Crippen LogP contribution < -0.4 is 0 Å². The molecule has 1 fully saturated rings. The first-order valence-corrected chi connectivity index (χ1v) is 3.88. The van der Waals surface area contributed by atoms with Gasteiger partial charge in [-0.3, -0.25) is 0 Å². The van der Waals surface area contributed by atoms with Crippen LogP contribution in [0, 0.1) is 0 Å². The Kier molecular flexibility index (Phi) is 2.75. The zero-order valence-electron chi connectivity index (χ0n) is 6.88. The molecular formula is C8H16N2. The van der Waals surface area contributed by atoms with Crippen LogP contribution in [0.15, 0.2) is 12.3 Å². The predicted molar refractivity (Wildman–Crippen MR) is 43.9 cm³/mol. The molecule has 1 saturated heterocycles. The van der Waals surface area contributed by atoms with Gasteiger partial charge < -0.3 is 9.80 Å². The van der Waals surface area contributed by atoms with Crippen molar-refractivity contribution in [3.05, 3.63) is 12.3 Å². The molecule has 1 heterocycles. The Morgan fingerprint density at radius 2 is 1.70 bits per heavy atom. The van der Waals surface area contributed by atoms with E-state index in [1.165, 1.54) is 26.2 Å². The minimum Gasteiger partial charge on any atom is -0.375 e. The highest BCUT2D eigenvalue weighted by atomic mass is 15.2. The number of nitrogens with zero attached hydrogens (tertiary/aromatic N) is 2. The van der Waals surface area contributed by atoms with Crippen LogP contribution >= 0.6 is 0 Å². The van der Waals surface area contributed by atoms with Gasteiger partial charge in [-0.05, 0) is 20.2 Å². The maximum absolute atomic E-state index is 2.36. The summed E-state index contributed by atoms with van der Waals surface area (Å²) in [7, 11) is 2.17. The first-order chi connectivity index (χ1) is 4.83. The van der Waals surface area contributed by atoms with Crippen molar-refractivity contribution in [2.45, 2.75) is 6.92 Å². The molecule has 0 radical (unpaired) electrons. The Hall–Kier alpha value is -0.500. The van der Waals surface area contributed by atoms with Crippen molar-refractivity contribution in [1.82, 2.24) is 9.80 Å². The van der Waals surface area contributed by atoms with Crippen molar-refractivity contribution in [3.63, 3.8) is 0 Å². The van der Waals surface area contributed by atoms with Crippen LogP contribution in [0.3, 0.4) is 0 Å². The van der Waals surface area contributed by atoms with Gasteiger partial charge in [0.1, 0.15) is 0 Å². The number of allylic oxidation sites excluding steroid dienone is 1. The fourth-order valence-corrected chi connectivity index (χ4v) is 1.18. The Morgan fingerprint density at radius 1 is 1.10 bits per heavy atom. The summed E-state index contributed by atoms with van der Waals surface area (Å²) in [6.07, 6.45) is 4.28. The number of likely N-dealkylation sites (N-methyl/N-ethyl adjacent to an activating group) is 1. The largest absolute Gasteiger partial charge is 0.375 e. The van der Waals surface area contributed by atoms with Crippen molar-refractivity contribution < 1.29 is 0 Å². The second kappa shape index (κ2) is 3.62. The normalized spacial score (nSPS) is 22.4. The Bertz CT molecular complexity index is 112. The van der Waals surface area contributed by atoms with E-state index in [9.17, 15) is 0 Å². The zero-order chi connectivity index (χ0) is 7.40. The van der Waals surface area contributed by atoms with Crippen LogP contribution in [0.25, 0.3) is 0 Å². The first-order valence-electron chi connectivity index (χ1n) is 3.88. The standard InChI is InChI=1S/C8H16N2/c1-3-4-10-7-5-9(2)6-8-10/h3-4H,5-8H2,1-2H3/b4-3+. The average Bonchev–Trinajstić information content (AvgIpc) is 1.95. The van der Waals surface area contributed by atoms with E-state index in [2.05, 4.69) is 36.0 Å². The van der Waals surface area contributed by atoms with E-state index in [4.69, 9.17) is 0 Å². The molecule has 0 bridgehead atoms. The van der Waals surface area contributed by atoms with E-state index in [0.717, 1.165) is 0 Å². The molecule has 2 heteroatoms. The summed E-state index contributed by atoms with van der Waals surface area (Å²) in [5.74, 6) is 0. The molecule has 0 amide bonds. The molecule has 10 heavy (non-hydrogen) atoms. The van der Waals surface area contributed by atoms with Gasteiger partial charge in [0.25, 0.3) is 0 Å². The van der Waals surface area contributed by atoms with Gasteiger partial charge in [-0.2, -0.15) is 0 Å². The van der Waals surface area contributed by atoms with Crippen LogP contribution in [0.4, 0.5) is 0 Å². The lowest BCUT2D eigenvalue weighted by atomic mass is 10.3. The molecule has 2 nitrogen and oxygen atoms in total. The van der Waals surface area contributed by atoms with Crippen molar-refractivity contribution >= 4 is 0 Å². The summed E-state index contributed by atoms with van der Waals surface area (Å²) in [5.41, 5.74) is 0. The number of hydrogen-bond acceptors (Lipinski definition) is 2. The predicted octanol–water partition coefficient (Wildman–Crippen LogP) is 0.767. The van der Waals surface area contributed by atoms with E-state index in [1.807, 2.05) is 0 Å². The second-order valence-corrected chi connectivity index (χ2v) is 2.82. The Morgan fingerprint density at radius 3 is 2.20 bits per heavy atom. The molecule has 0 N–H and O–H groups in total. The van der Waals surface area contributed by atoms with Crippen molar-refractivity contribution in [1.29, 1.82) is 0 Å². The van der Waals surface area contributed by atoms with Crippen molar-refractivity contribution in [2.24, 2.45) is 0 Å². The highest BCUT2D eigenvalue weighted by Gasteiger charge is 2.08. The SMILES string of the molecule is C/C=C/N1CCN(C)CC1. The molecule has 0 aromatic heterocycles. The molecule has 1 aliphatic rings. The van der Waals surface area contributed by atoms with Crippen LogP contribution in [0.1, 0.15) is 6.92 Å². The maximum atomic E-state index is 2.36. The van der Waals surface area contributed by atoms with Crippen LogP contribution in [0.5, 0.6) is 0 Å². The molecule has 0 spiro atoms. The highest BCUT2D eigenvalue weighted by Crippen LogP contribution is 1.98. The molecule has 0 atom stereocenters. The lowest BCUT2D eigenvalue weighted by molar-refractivity contribution is 0.198. The zero-order valence-corrected chi connectivity index (χ0v) is 6.88. The smallest absolute Gasteiger partial charge is 0.0300 e. The van der Waals surface area contributed by atoms with E-state index in [1.54, 1.807) is 0 Å². The van der Waals surface area contributed by atoms with E-state index in [-0.39, 0.29) is 0 Å². The highest BCUT2D eigenvalue weighted by molar-refractivity contribution is 4.82. The lowest BCUT2D eigenvalue weighted by Crippen LogP contribution is -2.41. The monoisotopic (exact) mass is 140 g/mol. The number of piperazine rings is 1. The van der Waals surface area contributed by atoms with Crippen LogP contribution in [-0.4, -0.2) is 43.0 Å². The van der Waals surface area contributed by atoms with E-state index < -0.39 is 0 Å². The van der Waals surface area contributed by atoms with E-state index >= 15 is 0 Å². The Balaban J connectivity index is 2.26. The first kappa shape index (κ1) is 7.61. The topological polar surface area (TPSA) is 6.48 Å². The fraction of sp³-hybridized carbons (Fsp3) is 0.750. The molecule has 1 rings (SSSR count). The van der Waals surface area contributed by atoms with Gasteiger partial charge in [0, 0.05) is 26.2 Å². The molecular weight excluding hydrogens is 124 g/mol. The number of rotatable bonds is 1. The summed E-state index contributed by atoms with van der Waals surface area (Å²) in [5, 5.41) is 0. The Labute approximate surface area is 63.1 Å². The molecule has 0 aromatic rings. The van der Waals surface area contributed by atoms with Gasteiger partial charge in [-0.15, -0.1) is 0 Å². The molecule has 0 aromatic carbocycles. The number of hydrogen-bond donors (Lipinski definition) is 0. The molecule has 0 aliphatic carbocycles. The summed E-state index contributed by atoms with van der Waals surface area (Å²) in [6.45, 7) is 6.83. The second-order valence-electron chi connectivity index (χ2n) is 2.82. The maximum Gasteiger partial charge on any atom is 0.0300 e. The molecule has 1 aliphatic heterocycles. The summed E-state index contributed by atoms with van der Waals surface area (Å²) in [6, 6.07) is 0.